The Morgan fingerprint density at radius 1 is 1.14 bits per heavy atom. The predicted octanol–water partition coefficient (Wildman–Crippen LogP) is 2.79. The van der Waals surface area contributed by atoms with Gasteiger partial charge in [0.2, 0.25) is 0 Å². The fourth-order valence-electron chi connectivity index (χ4n) is 2.49. The molecule has 4 nitrogen and oxygen atoms in total. The zero-order chi connectivity index (χ0) is 14.8. The predicted molar refractivity (Wildman–Crippen MR) is 83.0 cm³/mol. The van der Waals surface area contributed by atoms with Crippen LogP contribution in [0.1, 0.15) is 41.4 Å². The van der Waals surface area contributed by atoms with E-state index in [1.54, 1.807) is 0 Å². The Morgan fingerprint density at radius 2 is 1.86 bits per heavy atom. The van der Waals surface area contributed by atoms with E-state index in [1.165, 1.54) is 12.8 Å². The van der Waals surface area contributed by atoms with Crippen molar-refractivity contribution >= 4 is 0 Å². The second-order valence-electron chi connectivity index (χ2n) is 5.61. The third-order valence-electron chi connectivity index (χ3n) is 3.78. The third-order valence-corrected chi connectivity index (χ3v) is 3.78. The topological polar surface area (TPSA) is 60.2 Å². The van der Waals surface area contributed by atoms with Crippen molar-refractivity contribution in [3.63, 3.8) is 0 Å². The highest BCUT2D eigenvalue weighted by Gasteiger charge is 2.23. The van der Waals surface area contributed by atoms with Gasteiger partial charge in [0.05, 0.1) is 12.1 Å². The number of nitrogens with zero attached hydrogens (tertiary/aromatic N) is 1. The van der Waals surface area contributed by atoms with Gasteiger partial charge in [0, 0.05) is 11.4 Å². The summed E-state index contributed by atoms with van der Waals surface area (Å²) >= 11 is 0. The quantitative estimate of drug-likeness (QED) is 0.654. The smallest absolute Gasteiger partial charge is 0.119 e. The van der Waals surface area contributed by atoms with E-state index in [0.29, 0.717) is 6.10 Å². The minimum Gasteiger partial charge on any atom is -0.490 e. The van der Waals surface area contributed by atoms with E-state index in [9.17, 15) is 0 Å². The normalized spacial score (nSPS) is 15.8. The number of ether oxygens (including phenoxy) is 1. The van der Waals surface area contributed by atoms with E-state index in [4.69, 9.17) is 10.6 Å². The molecule has 21 heavy (non-hydrogen) atoms. The molecule has 0 spiro atoms. The van der Waals surface area contributed by atoms with Gasteiger partial charge in [-0.2, -0.15) is 0 Å². The molecule has 4 heteroatoms. The maximum Gasteiger partial charge on any atom is 0.119 e. The molecule has 1 saturated carbocycles. The Labute approximate surface area is 125 Å². The van der Waals surface area contributed by atoms with Crippen molar-refractivity contribution in [2.75, 3.05) is 0 Å². The van der Waals surface area contributed by atoms with Crippen LogP contribution in [-0.4, -0.2) is 11.1 Å². The molecule has 0 bridgehead atoms. The van der Waals surface area contributed by atoms with Crippen molar-refractivity contribution in [2.24, 2.45) is 5.84 Å². The number of aromatic nitrogens is 1. The van der Waals surface area contributed by atoms with Crippen LogP contribution in [-0.2, 0) is 0 Å². The van der Waals surface area contributed by atoms with Crippen molar-refractivity contribution in [3.8, 4) is 5.75 Å². The Morgan fingerprint density at radius 3 is 2.43 bits per heavy atom. The van der Waals surface area contributed by atoms with E-state index in [-0.39, 0.29) is 6.04 Å². The second kappa shape index (κ2) is 5.84. The first kappa shape index (κ1) is 14.0. The fraction of sp³-hybridized carbons (Fsp3) is 0.353. The van der Waals surface area contributed by atoms with Crippen LogP contribution in [0.4, 0.5) is 0 Å². The molecule has 1 fully saturated rings. The van der Waals surface area contributed by atoms with E-state index in [1.807, 2.05) is 32.0 Å². The van der Waals surface area contributed by atoms with Crippen LogP contribution in [0.15, 0.2) is 36.4 Å². The molecule has 0 aliphatic heterocycles. The molecule has 1 atom stereocenters. The first-order valence-electron chi connectivity index (χ1n) is 7.34. The largest absolute Gasteiger partial charge is 0.490 e. The lowest BCUT2D eigenvalue weighted by Gasteiger charge is -2.19. The molecule has 1 aliphatic carbocycles. The number of aryl methyl sites for hydroxylation is 2. The van der Waals surface area contributed by atoms with Crippen LogP contribution < -0.4 is 16.0 Å². The molecule has 0 radical (unpaired) electrons. The zero-order valence-electron chi connectivity index (χ0n) is 12.5. The molecule has 3 rings (SSSR count). The lowest BCUT2D eigenvalue weighted by molar-refractivity contribution is 0.303. The summed E-state index contributed by atoms with van der Waals surface area (Å²) in [6, 6.07) is 12.2. The Bertz CT molecular complexity index is 620. The van der Waals surface area contributed by atoms with Gasteiger partial charge >= 0.3 is 0 Å². The highest BCUT2D eigenvalue weighted by atomic mass is 16.5. The number of nitrogens with one attached hydrogen (secondary N) is 1. The van der Waals surface area contributed by atoms with Gasteiger partial charge in [-0.1, -0.05) is 18.2 Å². The van der Waals surface area contributed by atoms with Gasteiger partial charge < -0.3 is 4.74 Å². The van der Waals surface area contributed by atoms with Crippen LogP contribution in [0.3, 0.4) is 0 Å². The van der Waals surface area contributed by atoms with Crippen LogP contribution in [0, 0.1) is 13.8 Å². The molecule has 0 amide bonds. The molecule has 1 aromatic carbocycles. The molecule has 2 aromatic rings. The molecule has 3 N–H and O–H groups in total. The highest BCUT2D eigenvalue weighted by molar-refractivity contribution is 5.37. The SMILES string of the molecule is Cc1ccc(C(NN)c2ccc(OC3CC3)cc2)c(C)n1. The lowest BCUT2D eigenvalue weighted by atomic mass is 9.98. The van der Waals surface area contributed by atoms with Crippen molar-refractivity contribution < 1.29 is 4.74 Å². The van der Waals surface area contributed by atoms with Crippen molar-refractivity contribution in [3.05, 3.63) is 58.9 Å². The molecule has 110 valence electrons. The number of hydrazine groups is 1. The average molecular weight is 283 g/mol. The van der Waals surface area contributed by atoms with Gasteiger partial charge in [-0.25, -0.2) is 5.43 Å². The summed E-state index contributed by atoms with van der Waals surface area (Å²) in [5, 5.41) is 0. The molecule has 1 aromatic heterocycles. The Balaban J connectivity index is 1.84. The number of benzene rings is 1. The molecule has 1 heterocycles. The Kier molecular flexibility index (Phi) is 3.90. The lowest BCUT2D eigenvalue weighted by Crippen LogP contribution is -2.29. The van der Waals surface area contributed by atoms with Gasteiger partial charge in [-0.3, -0.25) is 10.8 Å². The summed E-state index contributed by atoms with van der Waals surface area (Å²) in [5.41, 5.74) is 7.10. The van der Waals surface area contributed by atoms with Crippen molar-refractivity contribution in [2.45, 2.75) is 38.8 Å². The van der Waals surface area contributed by atoms with Gasteiger partial charge in [0.25, 0.3) is 0 Å². The van der Waals surface area contributed by atoms with E-state index < -0.39 is 0 Å². The van der Waals surface area contributed by atoms with E-state index >= 15 is 0 Å². The highest BCUT2D eigenvalue weighted by Crippen LogP contribution is 2.29. The molecule has 0 saturated heterocycles. The summed E-state index contributed by atoms with van der Waals surface area (Å²) in [6.07, 6.45) is 2.76. The van der Waals surface area contributed by atoms with Gasteiger partial charge in [-0.15, -0.1) is 0 Å². The summed E-state index contributed by atoms with van der Waals surface area (Å²) in [5.74, 6) is 6.69. The minimum absolute atomic E-state index is 0.0620. The molecular weight excluding hydrogens is 262 g/mol. The summed E-state index contributed by atoms with van der Waals surface area (Å²) in [7, 11) is 0. The third kappa shape index (κ3) is 3.23. The molecular formula is C17H21N3O. The second-order valence-corrected chi connectivity index (χ2v) is 5.61. The number of rotatable bonds is 5. The van der Waals surface area contributed by atoms with Crippen LogP contribution in [0.2, 0.25) is 0 Å². The van der Waals surface area contributed by atoms with E-state index in [2.05, 4.69) is 28.6 Å². The van der Waals surface area contributed by atoms with Gasteiger partial charge in [0.15, 0.2) is 0 Å². The number of hydrogen-bond donors (Lipinski definition) is 2. The van der Waals surface area contributed by atoms with Crippen molar-refractivity contribution in [1.82, 2.24) is 10.4 Å². The monoisotopic (exact) mass is 283 g/mol. The maximum absolute atomic E-state index is 5.77. The zero-order valence-corrected chi connectivity index (χ0v) is 12.5. The summed E-state index contributed by atoms with van der Waals surface area (Å²) in [4.78, 5) is 4.51. The summed E-state index contributed by atoms with van der Waals surface area (Å²) < 4.78 is 5.77. The van der Waals surface area contributed by atoms with E-state index in [0.717, 1.165) is 28.3 Å². The van der Waals surface area contributed by atoms with Gasteiger partial charge in [0.1, 0.15) is 5.75 Å². The van der Waals surface area contributed by atoms with Crippen LogP contribution >= 0.6 is 0 Å². The first-order chi connectivity index (χ1) is 10.2. The molecule has 1 aliphatic rings. The maximum atomic E-state index is 5.77. The van der Waals surface area contributed by atoms with Crippen molar-refractivity contribution in [1.29, 1.82) is 0 Å². The minimum atomic E-state index is -0.0620. The summed E-state index contributed by atoms with van der Waals surface area (Å²) in [6.45, 7) is 4.00. The standard InChI is InChI=1S/C17H21N3O/c1-11-3-10-16(12(2)19-11)17(20-18)13-4-6-14(7-5-13)21-15-8-9-15/h3-7,10,15,17,20H,8-9,18H2,1-2H3. The Hall–Kier alpha value is -1.91. The average Bonchev–Trinajstić information content (AvgIpc) is 3.27. The fourth-order valence-corrected chi connectivity index (χ4v) is 2.49. The number of hydrogen-bond acceptors (Lipinski definition) is 4. The number of nitrogens with two attached hydrogens (primary N) is 1. The first-order valence-corrected chi connectivity index (χ1v) is 7.34. The molecule has 1 unspecified atom stereocenters. The van der Waals surface area contributed by atoms with Crippen LogP contribution in [0.5, 0.6) is 5.75 Å². The van der Waals surface area contributed by atoms with Crippen LogP contribution in [0.25, 0.3) is 0 Å². The number of pyridine rings is 1. The van der Waals surface area contributed by atoms with Gasteiger partial charge in [-0.05, 0) is 56.0 Å².